The molecule has 4 heteroatoms. The third kappa shape index (κ3) is 2.64. The Morgan fingerprint density at radius 2 is 1.78 bits per heavy atom. The summed E-state index contributed by atoms with van der Waals surface area (Å²) in [5, 5.41) is 3.02. The number of benzene rings is 1. The maximum absolute atomic E-state index is 13.6. The van der Waals surface area contributed by atoms with Crippen molar-refractivity contribution in [3.05, 3.63) is 59.4 Å². The molecule has 2 nitrogen and oxygen atoms in total. The smallest absolute Gasteiger partial charge is 0.131 e. The highest BCUT2D eigenvalue weighted by Crippen LogP contribution is 2.23. The minimum absolute atomic E-state index is 0.0399. The molecule has 1 atom stereocenters. The molecule has 1 N–H and O–H groups in total. The SMILES string of the molecule is Cc1ccc(NC(C)c2c(F)cccc2F)cn1. The summed E-state index contributed by atoms with van der Waals surface area (Å²) in [6, 6.07) is 7.07. The van der Waals surface area contributed by atoms with Gasteiger partial charge in [-0.1, -0.05) is 6.07 Å². The van der Waals surface area contributed by atoms with E-state index >= 15 is 0 Å². The van der Waals surface area contributed by atoms with Gasteiger partial charge in [-0.25, -0.2) is 8.78 Å². The summed E-state index contributed by atoms with van der Waals surface area (Å²) in [5.74, 6) is -1.09. The lowest BCUT2D eigenvalue weighted by molar-refractivity contribution is 0.544. The van der Waals surface area contributed by atoms with E-state index in [9.17, 15) is 8.78 Å². The van der Waals surface area contributed by atoms with Gasteiger partial charge in [0, 0.05) is 11.3 Å². The summed E-state index contributed by atoms with van der Waals surface area (Å²) < 4.78 is 27.1. The Labute approximate surface area is 105 Å². The molecule has 2 aromatic rings. The molecule has 0 aliphatic carbocycles. The average molecular weight is 248 g/mol. The normalized spacial score (nSPS) is 12.2. The molecule has 0 saturated carbocycles. The lowest BCUT2D eigenvalue weighted by Crippen LogP contribution is -2.11. The van der Waals surface area contributed by atoms with Gasteiger partial charge in [0.2, 0.25) is 0 Å². The van der Waals surface area contributed by atoms with Crippen LogP contribution in [0.3, 0.4) is 0 Å². The summed E-state index contributed by atoms with van der Waals surface area (Å²) in [5.41, 5.74) is 1.67. The molecule has 1 aromatic carbocycles. The number of nitrogens with one attached hydrogen (secondary N) is 1. The van der Waals surface area contributed by atoms with E-state index in [0.717, 1.165) is 11.4 Å². The summed E-state index contributed by atoms with van der Waals surface area (Å²) in [7, 11) is 0. The van der Waals surface area contributed by atoms with Gasteiger partial charge in [-0.3, -0.25) is 4.98 Å². The van der Waals surface area contributed by atoms with Gasteiger partial charge in [-0.2, -0.15) is 0 Å². The first-order chi connectivity index (χ1) is 8.58. The molecule has 0 spiro atoms. The van der Waals surface area contributed by atoms with Crippen LogP contribution < -0.4 is 5.32 Å². The highest BCUT2D eigenvalue weighted by atomic mass is 19.1. The second-order valence-electron chi connectivity index (χ2n) is 4.19. The number of halogens is 2. The number of aromatic nitrogens is 1. The molecular weight excluding hydrogens is 234 g/mol. The molecule has 1 heterocycles. The molecule has 0 aliphatic rings. The fourth-order valence-corrected chi connectivity index (χ4v) is 1.80. The largest absolute Gasteiger partial charge is 0.377 e. The fourth-order valence-electron chi connectivity index (χ4n) is 1.80. The first-order valence-electron chi connectivity index (χ1n) is 5.71. The molecule has 0 fully saturated rings. The van der Waals surface area contributed by atoms with Gasteiger partial charge in [0.25, 0.3) is 0 Å². The first-order valence-corrected chi connectivity index (χ1v) is 5.71. The van der Waals surface area contributed by atoms with E-state index in [4.69, 9.17) is 0 Å². The minimum atomic E-state index is -0.546. The van der Waals surface area contributed by atoms with Crippen LogP contribution in [0.4, 0.5) is 14.5 Å². The topological polar surface area (TPSA) is 24.9 Å². The minimum Gasteiger partial charge on any atom is -0.377 e. The van der Waals surface area contributed by atoms with Crippen molar-refractivity contribution in [2.75, 3.05) is 5.32 Å². The van der Waals surface area contributed by atoms with Crippen molar-refractivity contribution < 1.29 is 8.78 Å². The van der Waals surface area contributed by atoms with Crippen molar-refractivity contribution in [1.29, 1.82) is 0 Å². The van der Waals surface area contributed by atoms with Gasteiger partial charge in [-0.05, 0) is 38.1 Å². The number of anilines is 1. The standard InChI is InChI=1S/C14H14F2N2/c1-9-6-7-11(8-17-9)18-10(2)14-12(15)4-3-5-13(14)16/h3-8,10,18H,1-2H3. The lowest BCUT2D eigenvalue weighted by Gasteiger charge is -2.16. The summed E-state index contributed by atoms with van der Waals surface area (Å²) >= 11 is 0. The fraction of sp³-hybridized carbons (Fsp3) is 0.214. The molecule has 1 unspecified atom stereocenters. The zero-order valence-corrected chi connectivity index (χ0v) is 10.2. The first kappa shape index (κ1) is 12.5. The zero-order chi connectivity index (χ0) is 13.1. The molecule has 18 heavy (non-hydrogen) atoms. The van der Waals surface area contributed by atoms with Crippen LogP contribution >= 0.6 is 0 Å². The number of aryl methyl sites for hydroxylation is 1. The zero-order valence-electron chi connectivity index (χ0n) is 10.2. The lowest BCUT2D eigenvalue weighted by atomic mass is 10.1. The van der Waals surface area contributed by atoms with Crippen LogP contribution in [0.2, 0.25) is 0 Å². The number of hydrogen-bond donors (Lipinski definition) is 1. The maximum Gasteiger partial charge on any atom is 0.131 e. The van der Waals surface area contributed by atoms with Crippen LogP contribution in [-0.4, -0.2) is 4.98 Å². The monoisotopic (exact) mass is 248 g/mol. The van der Waals surface area contributed by atoms with E-state index in [-0.39, 0.29) is 5.56 Å². The van der Waals surface area contributed by atoms with E-state index in [1.165, 1.54) is 18.2 Å². The molecule has 94 valence electrons. The van der Waals surface area contributed by atoms with E-state index in [0.29, 0.717) is 0 Å². The highest BCUT2D eigenvalue weighted by molar-refractivity contribution is 5.43. The number of nitrogens with zero attached hydrogens (tertiary/aromatic N) is 1. The summed E-state index contributed by atoms with van der Waals surface area (Å²) in [4.78, 5) is 4.12. The van der Waals surface area contributed by atoms with Crippen LogP contribution in [0.5, 0.6) is 0 Å². The maximum atomic E-state index is 13.6. The van der Waals surface area contributed by atoms with E-state index in [1.54, 1.807) is 13.1 Å². The molecule has 1 aromatic heterocycles. The third-order valence-electron chi connectivity index (χ3n) is 2.73. The molecule has 0 amide bonds. The Morgan fingerprint density at radius 1 is 1.11 bits per heavy atom. The van der Waals surface area contributed by atoms with E-state index in [2.05, 4.69) is 10.3 Å². The van der Waals surface area contributed by atoms with Crippen molar-refractivity contribution in [3.8, 4) is 0 Å². The molecule has 0 bridgehead atoms. The quantitative estimate of drug-likeness (QED) is 0.892. The van der Waals surface area contributed by atoms with Crippen LogP contribution in [0, 0.1) is 18.6 Å². The molecular formula is C14H14F2N2. The van der Waals surface area contributed by atoms with Gasteiger partial charge in [-0.15, -0.1) is 0 Å². The Kier molecular flexibility index (Phi) is 3.55. The van der Waals surface area contributed by atoms with Crippen molar-refractivity contribution in [1.82, 2.24) is 4.98 Å². The second kappa shape index (κ2) is 5.12. The van der Waals surface area contributed by atoms with Crippen LogP contribution in [0.15, 0.2) is 36.5 Å². The van der Waals surface area contributed by atoms with Gasteiger partial charge in [0.1, 0.15) is 11.6 Å². The van der Waals surface area contributed by atoms with Crippen LogP contribution in [0.1, 0.15) is 24.2 Å². The van der Waals surface area contributed by atoms with Crippen LogP contribution in [-0.2, 0) is 0 Å². The molecule has 0 radical (unpaired) electrons. The summed E-state index contributed by atoms with van der Waals surface area (Å²) in [6.45, 7) is 3.59. The summed E-state index contributed by atoms with van der Waals surface area (Å²) in [6.07, 6.45) is 1.64. The third-order valence-corrected chi connectivity index (χ3v) is 2.73. The van der Waals surface area contributed by atoms with Gasteiger partial charge in [0.15, 0.2) is 0 Å². The molecule has 0 aliphatic heterocycles. The number of hydrogen-bond acceptors (Lipinski definition) is 2. The van der Waals surface area contributed by atoms with Crippen molar-refractivity contribution >= 4 is 5.69 Å². The predicted octanol–water partition coefficient (Wildman–Crippen LogP) is 3.84. The number of pyridine rings is 1. The van der Waals surface area contributed by atoms with E-state index in [1.807, 2.05) is 19.1 Å². The Bertz CT molecular complexity index is 518. The van der Waals surface area contributed by atoms with Gasteiger partial charge < -0.3 is 5.32 Å². The number of rotatable bonds is 3. The molecule has 2 rings (SSSR count). The van der Waals surface area contributed by atoms with Crippen molar-refractivity contribution in [2.24, 2.45) is 0 Å². The average Bonchev–Trinajstić information content (AvgIpc) is 2.32. The highest BCUT2D eigenvalue weighted by Gasteiger charge is 2.15. The van der Waals surface area contributed by atoms with Crippen molar-refractivity contribution in [3.63, 3.8) is 0 Å². The second-order valence-corrected chi connectivity index (χ2v) is 4.19. The predicted molar refractivity (Wildman–Crippen MR) is 67.4 cm³/mol. The van der Waals surface area contributed by atoms with Crippen LogP contribution in [0.25, 0.3) is 0 Å². The molecule has 0 saturated heterocycles. The Morgan fingerprint density at radius 3 is 2.33 bits per heavy atom. The van der Waals surface area contributed by atoms with Crippen molar-refractivity contribution in [2.45, 2.75) is 19.9 Å². The Hall–Kier alpha value is -1.97. The van der Waals surface area contributed by atoms with E-state index < -0.39 is 17.7 Å². The van der Waals surface area contributed by atoms with Gasteiger partial charge >= 0.3 is 0 Å². The van der Waals surface area contributed by atoms with Gasteiger partial charge in [0.05, 0.1) is 17.9 Å². The Balaban J connectivity index is 2.22.